The lowest BCUT2D eigenvalue weighted by molar-refractivity contribution is -0.145. The minimum Gasteiger partial charge on any atom is -0.465 e. The van der Waals surface area contributed by atoms with E-state index in [0.29, 0.717) is 28.9 Å². The monoisotopic (exact) mass is 351 g/mol. The van der Waals surface area contributed by atoms with Gasteiger partial charge in [0.2, 0.25) is 0 Å². The van der Waals surface area contributed by atoms with Crippen LogP contribution in [-0.2, 0) is 16.0 Å². The molecule has 6 nitrogen and oxygen atoms in total. The Kier molecular flexibility index (Phi) is 4.58. The van der Waals surface area contributed by atoms with Crippen molar-refractivity contribution >= 4 is 39.9 Å². The van der Waals surface area contributed by atoms with Crippen LogP contribution in [0, 0.1) is 0 Å². The van der Waals surface area contributed by atoms with Crippen LogP contribution < -0.4 is 5.32 Å². The van der Waals surface area contributed by atoms with Crippen molar-refractivity contribution in [1.29, 1.82) is 0 Å². The molecule has 0 fully saturated rings. The summed E-state index contributed by atoms with van der Waals surface area (Å²) < 4.78 is 5.07. The molecule has 0 spiro atoms. The van der Waals surface area contributed by atoms with Crippen LogP contribution in [0.4, 0.5) is 5.13 Å². The fourth-order valence-corrected chi connectivity index (χ4v) is 3.64. The quantitative estimate of drug-likeness (QED) is 0.856. The number of carbonyl (C=O) groups is 2. The molecule has 0 radical (unpaired) electrons. The van der Waals surface area contributed by atoms with Gasteiger partial charge in [0, 0.05) is 16.1 Å². The second kappa shape index (κ2) is 6.64. The molecule has 0 saturated heterocycles. The van der Waals surface area contributed by atoms with E-state index in [1.807, 2.05) is 0 Å². The van der Waals surface area contributed by atoms with E-state index in [1.54, 1.807) is 13.0 Å². The van der Waals surface area contributed by atoms with Gasteiger partial charge in [-0.05, 0) is 31.9 Å². The van der Waals surface area contributed by atoms with Crippen LogP contribution in [0.25, 0.3) is 0 Å². The molecule has 0 unspecified atom stereocenters. The smallest absolute Gasteiger partial charge is 0.315 e. The Hall–Kier alpha value is -1.99. The Morgan fingerprint density at radius 3 is 3.09 bits per heavy atom. The standard InChI is InChI=1S/C15H14ClN3O3S/c1-2-22-14(21)9-3-4-11-12(9)18-15(23-11)19-13(20)10-7-8(16)5-6-17-10/h5-7,9H,2-4H2,1H3,(H,18,19,20)/t9-/m0/s1. The van der Waals surface area contributed by atoms with Crippen LogP contribution in [0.2, 0.25) is 5.02 Å². The van der Waals surface area contributed by atoms with Gasteiger partial charge in [-0.3, -0.25) is 19.9 Å². The van der Waals surface area contributed by atoms with E-state index in [0.717, 1.165) is 11.3 Å². The third kappa shape index (κ3) is 3.35. The summed E-state index contributed by atoms with van der Waals surface area (Å²) in [4.78, 5) is 33.5. The lowest BCUT2D eigenvalue weighted by atomic mass is 10.1. The molecular formula is C15H14ClN3O3S. The molecule has 1 N–H and O–H groups in total. The number of amides is 1. The number of thiazole rings is 1. The van der Waals surface area contributed by atoms with Gasteiger partial charge in [-0.2, -0.15) is 0 Å². The normalized spacial score (nSPS) is 16.0. The van der Waals surface area contributed by atoms with Crippen molar-refractivity contribution in [1.82, 2.24) is 9.97 Å². The maximum atomic E-state index is 12.2. The molecule has 1 amide bonds. The first-order valence-electron chi connectivity index (χ1n) is 7.17. The Morgan fingerprint density at radius 1 is 1.52 bits per heavy atom. The number of hydrogen-bond acceptors (Lipinski definition) is 6. The minimum absolute atomic E-state index is 0.217. The summed E-state index contributed by atoms with van der Waals surface area (Å²) in [5.41, 5.74) is 0.928. The molecule has 2 heterocycles. The molecule has 120 valence electrons. The van der Waals surface area contributed by atoms with Crippen molar-refractivity contribution in [2.75, 3.05) is 11.9 Å². The topological polar surface area (TPSA) is 81.2 Å². The first-order chi connectivity index (χ1) is 11.1. The van der Waals surface area contributed by atoms with Crippen LogP contribution in [0.5, 0.6) is 0 Å². The summed E-state index contributed by atoms with van der Waals surface area (Å²) in [5.74, 6) is -0.977. The number of aryl methyl sites for hydroxylation is 1. The molecule has 2 aromatic heterocycles. The zero-order valence-electron chi connectivity index (χ0n) is 12.3. The molecule has 0 aliphatic heterocycles. The summed E-state index contributed by atoms with van der Waals surface area (Å²) in [7, 11) is 0. The molecule has 1 aliphatic rings. The molecule has 0 aromatic carbocycles. The molecule has 1 aliphatic carbocycles. The number of nitrogens with one attached hydrogen (secondary N) is 1. The van der Waals surface area contributed by atoms with Crippen molar-refractivity contribution in [3.63, 3.8) is 0 Å². The van der Waals surface area contributed by atoms with E-state index in [4.69, 9.17) is 16.3 Å². The highest BCUT2D eigenvalue weighted by Gasteiger charge is 2.33. The van der Waals surface area contributed by atoms with E-state index in [9.17, 15) is 9.59 Å². The molecule has 0 bridgehead atoms. The van der Waals surface area contributed by atoms with E-state index in [1.165, 1.54) is 23.6 Å². The number of aromatic nitrogens is 2. The number of nitrogens with zero attached hydrogens (tertiary/aromatic N) is 2. The fraction of sp³-hybridized carbons (Fsp3) is 0.333. The zero-order chi connectivity index (χ0) is 16.4. The molecule has 1 atom stereocenters. The Labute approximate surface area is 141 Å². The van der Waals surface area contributed by atoms with Gasteiger partial charge in [-0.15, -0.1) is 11.3 Å². The first-order valence-corrected chi connectivity index (χ1v) is 8.37. The summed E-state index contributed by atoms with van der Waals surface area (Å²) >= 11 is 7.23. The summed E-state index contributed by atoms with van der Waals surface area (Å²) in [6.07, 6.45) is 2.94. The predicted molar refractivity (Wildman–Crippen MR) is 87.0 cm³/mol. The van der Waals surface area contributed by atoms with Crippen LogP contribution in [-0.4, -0.2) is 28.5 Å². The molecular weight excluding hydrogens is 338 g/mol. The van der Waals surface area contributed by atoms with Crippen LogP contribution >= 0.6 is 22.9 Å². The number of fused-ring (bicyclic) bond motifs is 1. The number of esters is 1. The first kappa shape index (κ1) is 15.9. The number of carbonyl (C=O) groups excluding carboxylic acids is 2. The van der Waals surface area contributed by atoms with Gasteiger partial charge < -0.3 is 4.74 Å². The maximum Gasteiger partial charge on any atom is 0.315 e. The second-order valence-corrected chi connectivity index (χ2v) is 6.50. The summed E-state index contributed by atoms with van der Waals surface area (Å²) in [5, 5.41) is 3.60. The lowest BCUT2D eigenvalue weighted by Crippen LogP contribution is -2.15. The van der Waals surface area contributed by atoms with Gasteiger partial charge in [0.05, 0.1) is 12.3 Å². The van der Waals surface area contributed by atoms with Crippen molar-refractivity contribution in [3.8, 4) is 0 Å². The number of anilines is 1. The second-order valence-electron chi connectivity index (χ2n) is 4.98. The number of ether oxygens (including phenoxy) is 1. The number of halogens is 1. The largest absolute Gasteiger partial charge is 0.465 e. The highest BCUT2D eigenvalue weighted by Crippen LogP contribution is 2.39. The Morgan fingerprint density at radius 2 is 2.35 bits per heavy atom. The number of rotatable bonds is 4. The molecule has 0 saturated carbocycles. The average molecular weight is 352 g/mol. The zero-order valence-corrected chi connectivity index (χ0v) is 13.9. The fourth-order valence-electron chi connectivity index (χ4n) is 2.44. The van der Waals surface area contributed by atoms with Gasteiger partial charge in [-0.25, -0.2) is 4.98 Å². The van der Waals surface area contributed by atoms with Crippen molar-refractivity contribution < 1.29 is 14.3 Å². The van der Waals surface area contributed by atoms with E-state index >= 15 is 0 Å². The summed E-state index contributed by atoms with van der Waals surface area (Å²) in [6.45, 7) is 2.12. The number of hydrogen-bond donors (Lipinski definition) is 1. The molecule has 2 aromatic rings. The molecule has 8 heteroatoms. The third-order valence-corrected chi connectivity index (χ3v) is 4.75. The average Bonchev–Trinajstić information content (AvgIpc) is 3.07. The predicted octanol–water partition coefficient (Wildman–Crippen LogP) is 3.04. The van der Waals surface area contributed by atoms with Gasteiger partial charge >= 0.3 is 5.97 Å². The Bertz CT molecular complexity index is 762. The van der Waals surface area contributed by atoms with Gasteiger partial charge in [0.1, 0.15) is 11.6 Å². The van der Waals surface area contributed by atoms with Crippen molar-refractivity contribution in [2.24, 2.45) is 0 Å². The van der Waals surface area contributed by atoms with Gasteiger partial charge in [0.15, 0.2) is 5.13 Å². The van der Waals surface area contributed by atoms with Crippen molar-refractivity contribution in [3.05, 3.63) is 39.6 Å². The van der Waals surface area contributed by atoms with Crippen molar-refractivity contribution in [2.45, 2.75) is 25.7 Å². The molecule has 23 heavy (non-hydrogen) atoms. The van der Waals surface area contributed by atoms with Gasteiger partial charge in [-0.1, -0.05) is 11.6 Å². The summed E-state index contributed by atoms with van der Waals surface area (Å²) in [6, 6.07) is 3.08. The lowest BCUT2D eigenvalue weighted by Gasteiger charge is -2.07. The van der Waals surface area contributed by atoms with Crippen LogP contribution in [0.15, 0.2) is 18.3 Å². The van der Waals surface area contributed by atoms with Crippen LogP contribution in [0.1, 0.15) is 40.3 Å². The minimum atomic E-state index is -0.382. The Balaban J connectivity index is 1.75. The van der Waals surface area contributed by atoms with E-state index < -0.39 is 0 Å². The van der Waals surface area contributed by atoms with Gasteiger partial charge in [0.25, 0.3) is 5.91 Å². The SMILES string of the molecule is CCOC(=O)[C@H]1CCc2sc(NC(=O)c3cc(Cl)ccn3)nc21. The third-order valence-electron chi connectivity index (χ3n) is 3.46. The highest BCUT2D eigenvalue weighted by molar-refractivity contribution is 7.16. The molecule has 3 rings (SSSR count). The van der Waals surface area contributed by atoms with Crippen LogP contribution in [0.3, 0.4) is 0 Å². The highest BCUT2D eigenvalue weighted by atomic mass is 35.5. The van der Waals surface area contributed by atoms with E-state index in [-0.39, 0.29) is 23.5 Å². The number of pyridine rings is 1. The maximum absolute atomic E-state index is 12.2. The van der Waals surface area contributed by atoms with E-state index in [2.05, 4.69) is 15.3 Å².